The number of halogens is 1. The third-order valence-electron chi connectivity index (χ3n) is 5.90. The minimum Gasteiger partial charge on any atom is -0.496 e. The van der Waals surface area contributed by atoms with Crippen molar-refractivity contribution in [2.75, 3.05) is 33.3 Å². The number of piperazine rings is 1. The van der Waals surface area contributed by atoms with Gasteiger partial charge in [0.05, 0.1) is 12.8 Å². The van der Waals surface area contributed by atoms with Crippen LogP contribution in [0.4, 0.5) is 0 Å². The maximum atomic E-state index is 13.2. The highest BCUT2D eigenvalue weighted by Crippen LogP contribution is 2.24. The van der Waals surface area contributed by atoms with Gasteiger partial charge in [-0.3, -0.25) is 14.4 Å². The zero-order chi connectivity index (χ0) is 23.4. The van der Waals surface area contributed by atoms with Crippen LogP contribution in [-0.2, 0) is 20.2 Å². The van der Waals surface area contributed by atoms with Gasteiger partial charge in [-0.1, -0.05) is 11.6 Å². The van der Waals surface area contributed by atoms with Gasteiger partial charge < -0.3 is 14.4 Å². The summed E-state index contributed by atoms with van der Waals surface area (Å²) in [6, 6.07) is 12.7. The van der Waals surface area contributed by atoms with Gasteiger partial charge in [0, 0.05) is 67.7 Å². The molecular formula is C25H29ClN4O3. The third kappa shape index (κ3) is 5.67. The number of ether oxygens (including phenoxy) is 2. The smallest absolute Gasteiger partial charge is 0.253 e. The summed E-state index contributed by atoms with van der Waals surface area (Å²) in [6.45, 7) is 6.25. The highest BCUT2D eigenvalue weighted by atomic mass is 35.5. The van der Waals surface area contributed by atoms with Gasteiger partial charge in [0.2, 0.25) is 0 Å². The largest absolute Gasteiger partial charge is 0.496 e. The fourth-order valence-electron chi connectivity index (χ4n) is 4.05. The molecular weight excluding hydrogens is 440 g/mol. The number of nitrogens with zero attached hydrogens (tertiary/aromatic N) is 4. The van der Waals surface area contributed by atoms with E-state index in [1.807, 2.05) is 53.9 Å². The molecule has 4 rings (SSSR count). The van der Waals surface area contributed by atoms with E-state index in [2.05, 4.69) is 16.2 Å². The van der Waals surface area contributed by atoms with Crippen LogP contribution in [0.25, 0.3) is 0 Å². The summed E-state index contributed by atoms with van der Waals surface area (Å²) in [4.78, 5) is 17.5. The molecule has 0 saturated carbocycles. The lowest BCUT2D eigenvalue weighted by atomic mass is 10.1. The molecule has 1 aromatic heterocycles. The Morgan fingerprint density at radius 3 is 2.42 bits per heavy atom. The predicted molar refractivity (Wildman–Crippen MR) is 128 cm³/mol. The second kappa shape index (κ2) is 10.3. The quantitative estimate of drug-likeness (QED) is 0.526. The van der Waals surface area contributed by atoms with Gasteiger partial charge in [-0.05, 0) is 49.4 Å². The Hall–Kier alpha value is -3.03. The van der Waals surface area contributed by atoms with Crippen molar-refractivity contribution in [1.82, 2.24) is 19.6 Å². The van der Waals surface area contributed by atoms with Crippen LogP contribution in [0.15, 0.2) is 48.7 Å². The van der Waals surface area contributed by atoms with Gasteiger partial charge >= 0.3 is 0 Å². The standard InChI is InChI=1S/C25H29ClN4O3/c1-18-21(15-28(2)27-18)16-29-10-12-30(13-11-29)25(31)19-4-9-24(32-3)20(14-19)17-33-23-7-5-22(26)6-8-23/h4-9,14-15H,10-13,16-17H2,1-3H3. The molecule has 2 aromatic carbocycles. The lowest BCUT2D eigenvalue weighted by molar-refractivity contribution is 0.0628. The Balaban J connectivity index is 1.38. The molecule has 1 fully saturated rings. The summed E-state index contributed by atoms with van der Waals surface area (Å²) < 4.78 is 13.2. The van der Waals surface area contributed by atoms with E-state index in [0.717, 1.165) is 30.9 Å². The van der Waals surface area contributed by atoms with Crippen LogP contribution >= 0.6 is 11.6 Å². The maximum Gasteiger partial charge on any atom is 0.253 e. The average molecular weight is 469 g/mol. The number of methoxy groups -OCH3 is 1. The van der Waals surface area contributed by atoms with Crippen molar-refractivity contribution in [1.29, 1.82) is 0 Å². The van der Waals surface area contributed by atoms with Gasteiger partial charge in [0.25, 0.3) is 5.91 Å². The van der Waals surface area contributed by atoms with E-state index in [9.17, 15) is 4.79 Å². The van der Waals surface area contributed by atoms with Crippen molar-refractivity contribution in [3.05, 3.63) is 76.1 Å². The molecule has 0 unspecified atom stereocenters. The molecule has 0 aliphatic carbocycles. The summed E-state index contributed by atoms with van der Waals surface area (Å²) in [5, 5.41) is 5.07. The molecule has 8 heteroatoms. The molecule has 0 atom stereocenters. The summed E-state index contributed by atoms with van der Waals surface area (Å²) in [7, 11) is 3.56. The Labute approximate surface area is 199 Å². The first-order valence-corrected chi connectivity index (χ1v) is 11.4. The van der Waals surface area contributed by atoms with E-state index in [1.54, 1.807) is 19.2 Å². The molecule has 0 spiro atoms. The normalized spacial score (nSPS) is 14.4. The number of aryl methyl sites for hydroxylation is 2. The number of carbonyl (C=O) groups excluding carboxylic acids is 1. The van der Waals surface area contributed by atoms with Crippen molar-refractivity contribution in [2.24, 2.45) is 7.05 Å². The zero-order valence-corrected chi connectivity index (χ0v) is 20.0. The first kappa shape index (κ1) is 23.1. The SMILES string of the molecule is COc1ccc(C(=O)N2CCN(Cc3cn(C)nc3C)CC2)cc1COc1ccc(Cl)cc1. The Morgan fingerprint density at radius 1 is 1.06 bits per heavy atom. The van der Waals surface area contributed by atoms with Gasteiger partial charge in [0.1, 0.15) is 18.1 Å². The molecule has 0 radical (unpaired) electrons. The second-order valence-electron chi connectivity index (χ2n) is 8.25. The van der Waals surface area contributed by atoms with Crippen molar-refractivity contribution < 1.29 is 14.3 Å². The molecule has 0 N–H and O–H groups in total. The first-order valence-electron chi connectivity index (χ1n) is 11.0. The number of rotatable bonds is 7. The van der Waals surface area contributed by atoms with E-state index in [0.29, 0.717) is 41.8 Å². The van der Waals surface area contributed by atoms with E-state index in [4.69, 9.17) is 21.1 Å². The van der Waals surface area contributed by atoms with Crippen LogP contribution in [0.2, 0.25) is 5.02 Å². The lowest BCUT2D eigenvalue weighted by Crippen LogP contribution is -2.48. The van der Waals surface area contributed by atoms with E-state index in [-0.39, 0.29) is 5.91 Å². The van der Waals surface area contributed by atoms with Crippen molar-refractivity contribution in [3.63, 3.8) is 0 Å². The van der Waals surface area contributed by atoms with Crippen molar-refractivity contribution in [3.8, 4) is 11.5 Å². The summed E-state index contributed by atoms with van der Waals surface area (Å²) in [6.07, 6.45) is 2.07. The molecule has 2 heterocycles. The number of amides is 1. The van der Waals surface area contributed by atoms with E-state index in [1.165, 1.54) is 5.56 Å². The fraction of sp³-hybridized carbons (Fsp3) is 0.360. The number of aromatic nitrogens is 2. The molecule has 1 aliphatic rings. The molecule has 0 bridgehead atoms. The molecule has 1 saturated heterocycles. The summed E-state index contributed by atoms with van der Waals surface area (Å²) in [5.41, 5.74) is 3.76. The van der Waals surface area contributed by atoms with Crippen LogP contribution in [-0.4, -0.2) is 58.8 Å². The monoisotopic (exact) mass is 468 g/mol. The molecule has 1 amide bonds. The van der Waals surface area contributed by atoms with Gasteiger partial charge in [-0.15, -0.1) is 0 Å². The van der Waals surface area contributed by atoms with Gasteiger partial charge in [0.15, 0.2) is 0 Å². The van der Waals surface area contributed by atoms with Crippen LogP contribution in [0.1, 0.15) is 27.2 Å². The molecule has 3 aromatic rings. The zero-order valence-electron chi connectivity index (χ0n) is 19.3. The second-order valence-corrected chi connectivity index (χ2v) is 8.69. The number of hydrogen-bond donors (Lipinski definition) is 0. The van der Waals surface area contributed by atoms with Gasteiger partial charge in [-0.2, -0.15) is 5.10 Å². The fourth-order valence-corrected chi connectivity index (χ4v) is 4.18. The van der Waals surface area contributed by atoms with Crippen molar-refractivity contribution >= 4 is 17.5 Å². The molecule has 33 heavy (non-hydrogen) atoms. The topological polar surface area (TPSA) is 59.8 Å². The van der Waals surface area contributed by atoms with Crippen LogP contribution in [0, 0.1) is 6.92 Å². The highest BCUT2D eigenvalue weighted by molar-refractivity contribution is 6.30. The molecule has 174 valence electrons. The maximum absolute atomic E-state index is 13.2. The Kier molecular flexibility index (Phi) is 7.20. The van der Waals surface area contributed by atoms with Crippen LogP contribution in [0.5, 0.6) is 11.5 Å². The van der Waals surface area contributed by atoms with Crippen LogP contribution in [0.3, 0.4) is 0 Å². The number of hydrogen-bond acceptors (Lipinski definition) is 5. The Morgan fingerprint density at radius 2 is 1.79 bits per heavy atom. The highest BCUT2D eigenvalue weighted by Gasteiger charge is 2.23. The van der Waals surface area contributed by atoms with E-state index >= 15 is 0 Å². The first-order chi connectivity index (χ1) is 15.9. The van der Waals surface area contributed by atoms with E-state index < -0.39 is 0 Å². The average Bonchev–Trinajstić information content (AvgIpc) is 3.14. The van der Waals surface area contributed by atoms with Crippen molar-refractivity contribution in [2.45, 2.75) is 20.1 Å². The third-order valence-corrected chi connectivity index (χ3v) is 6.16. The van der Waals surface area contributed by atoms with Gasteiger partial charge in [-0.25, -0.2) is 0 Å². The minimum absolute atomic E-state index is 0.0302. The lowest BCUT2D eigenvalue weighted by Gasteiger charge is -2.34. The molecule has 1 aliphatic heterocycles. The predicted octanol–water partition coefficient (Wildman–Crippen LogP) is 3.93. The molecule has 7 nitrogen and oxygen atoms in total. The summed E-state index contributed by atoms with van der Waals surface area (Å²) >= 11 is 5.94. The number of benzene rings is 2. The Bertz CT molecular complexity index is 1110. The van der Waals surface area contributed by atoms with Crippen LogP contribution < -0.4 is 9.47 Å². The summed E-state index contributed by atoms with van der Waals surface area (Å²) in [5.74, 6) is 1.43. The minimum atomic E-state index is 0.0302. The number of carbonyl (C=O) groups is 1.